The average molecular weight is 331 g/mol. The third kappa shape index (κ3) is 5.48. The number of nitroso groups, excluding NO2 is 1. The number of phenolic OH excluding ortho intramolecular Hbond substituents is 2. The van der Waals surface area contributed by atoms with Crippen LogP contribution in [0.15, 0.2) is 47.0 Å². The molecule has 0 saturated carbocycles. The summed E-state index contributed by atoms with van der Waals surface area (Å²) >= 11 is 0.590. The predicted molar refractivity (Wildman–Crippen MR) is 89.0 cm³/mol. The maximum atomic E-state index is 11.3. The average Bonchev–Trinajstić information content (AvgIpc) is 2.51. The maximum absolute atomic E-state index is 11.3. The third-order valence-electron chi connectivity index (χ3n) is 2.74. The minimum absolute atomic E-state index is 0.0189. The summed E-state index contributed by atoms with van der Waals surface area (Å²) in [7, 11) is 0. The number of hydrogen-bond donors (Lipinski definition) is 2. The standard InChI is InChI=1S/C16H13NO5S/c18-13-7-12(8-14(19)9-13)2-1-11-3-5-15(6-4-11)22-16(20)10-23-17-21/h1-9,18-19H,10H2/b2-1+. The van der Waals surface area contributed by atoms with Crippen molar-refractivity contribution in [2.45, 2.75) is 0 Å². The first kappa shape index (κ1) is 16.6. The number of nitrogens with zero attached hydrogens (tertiary/aromatic N) is 1. The zero-order chi connectivity index (χ0) is 16.7. The topological polar surface area (TPSA) is 96.2 Å². The molecule has 0 aliphatic heterocycles. The van der Waals surface area contributed by atoms with Gasteiger partial charge in [-0.25, -0.2) is 0 Å². The summed E-state index contributed by atoms with van der Waals surface area (Å²) < 4.78 is 7.53. The van der Waals surface area contributed by atoms with E-state index in [1.165, 1.54) is 18.2 Å². The molecule has 0 aromatic heterocycles. The van der Waals surface area contributed by atoms with Crippen LogP contribution >= 0.6 is 11.9 Å². The molecule has 7 heteroatoms. The van der Waals surface area contributed by atoms with Gasteiger partial charge in [0.2, 0.25) is 0 Å². The highest BCUT2D eigenvalue weighted by Crippen LogP contribution is 2.22. The van der Waals surface area contributed by atoms with Crippen molar-refractivity contribution in [3.8, 4) is 17.2 Å². The van der Waals surface area contributed by atoms with Crippen molar-refractivity contribution in [3.63, 3.8) is 0 Å². The molecule has 118 valence electrons. The number of benzene rings is 2. The van der Waals surface area contributed by atoms with E-state index < -0.39 is 5.97 Å². The van der Waals surface area contributed by atoms with Crippen LogP contribution in [-0.2, 0) is 4.79 Å². The molecule has 2 rings (SSSR count). The molecule has 0 bridgehead atoms. The summed E-state index contributed by atoms with van der Waals surface area (Å²) in [5.74, 6) is -0.349. The number of carbonyl (C=O) groups is 1. The molecule has 0 heterocycles. The monoisotopic (exact) mass is 331 g/mol. The minimum Gasteiger partial charge on any atom is -0.508 e. The van der Waals surface area contributed by atoms with Gasteiger partial charge >= 0.3 is 5.97 Å². The lowest BCUT2D eigenvalue weighted by atomic mass is 10.1. The van der Waals surface area contributed by atoms with E-state index in [1.54, 1.807) is 36.4 Å². The van der Waals surface area contributed by atoms with Gasteiger partial charge in [0.1, 0.15) is 23.0 Å². The molecule has 6 nitrogen and oxygen atoms in total. The van der Waals surface area contributed by atoms with E-state index in [9.17, 15) is 19.9 Å². The quantitative estimate of drug-likeness (QED) is 0.276. The van der Waals surface area contributed by atoms with E-state index in [0.717, 1.165) is 5.56 Å². The van der Waals surface area contributed by atoms with Crippen molar-refractivity contribution < 1.29 is 19.7 Å². The number of esters is 1. The fraction of sp³-hybridized carbons (Fsp3) is 0.0625. The maximum Gasteiger partial charge on any atom is 0.323 e. The molecule has 0 amide bonds. The number of hydrogen-bond acceptors (Lipinski definition) is 7. The first-order chi connectivity index (χ1) is 11.1. The van der Waals surface area contributed by atoms with E-state index in [0.29, 0.717) is 23.3 Å². The van der Waals surface area contributed by atoms with Gasteiger partial charge in [-0.15, -0.1) is 4.91 Å². The Morgan fingerprint density at radius 2 is 1.65 bits per heavy atom. The summed E-state index contributed by atoms with van der Waals surface area (Å²) in [6, 6.07) is 11.0. The van der Waals surface area contributed by atoms with Crippen LogP contribution in [-0.4, -0.2) is 21.9 Å². The van der Waals surface area contributed by atoms with Crippen LogP contribution in [0.5, 0.6) is 17.2 Å². The first-order valence-electron chi connectivity index (χ1n) is 6.53. The molecule has 0 atom stereocenters. The summed E-state index contributed by atoms with van der Waals surface area (Å²) in [6.45, 7) is 0. The normalized spacial score (nSPS) is 10.6. The summed E-state index contributed by atoms with van der Waals surface area (Å²) in [5.41, 5.74) is 1.49. The van der Waals surface area contributed by atoms with Gasteiger partial charge in [0.15, 0.2) is 0 Å². The Labute approximate surface area is 136 Å². The van der Waals surface area contributed by atoms with Crippen molar-refractivity contribution in [1.29, 1.82) is 0 Å². The highest BCUT2D eigenvalue weighted by atomic mass is 32.2. The number of ether oxygens (including phenoxy) is 1. The summed E-state index contributed by atoms with van der Waals surface area (Å²) in [5, 5.41) is 18.8. The molecule has 0 unspecified atom stereocenters. The first-order valence-corrected chi connectivity index (χ1v) is 7.47. The van der Waals surface area contributed by atoms with Gasteiger partial charge in [-0.1, -0.05) is 24.3 Å². The van der Waals surface area contributed by atoms with Gasteiger partial charge in [0.05, 0.1) is 0 Å². The molecule has 0 aliphatic rings. The van der Waals surface area contributed by atoms with Gasteiger partial charge in [-0.05, 0) is 35.4 Å². The van der Waals surface area contributed by atoms with Crippen LogP contribution < -0.4 is 4.74 Å². The van der Waals surface area contributed by atoms with Crippen molar-refractivity contribution in [1.82, 2.24) is 0 Å². The van der Waals surface area contributed by atoms with E-state index in [2.05, 4.69) is 4.58 Å². The third-order valence-corrected chi connectivity index (χ3v) is 3.21. The number of aromatic hydroxyl groups is 2. The van der Waals surface area contributed by atoms with Gasteiger partial charge in [0, 0.05) is 22.6 Å². The number of carbonyl (C=O) groups excluding carboxylic acids is 1. The van der Waals surface area contributed by atoms with E-state index in [-0.39, 0.29) is 17.3 Å². The van der Waals surface area contributed by atoms with Crippen LogP contribution in [0.4, 0.5) is 0 Å². The molecular formula is C16H13NO5S. The lowest BCUT2D eigenvalue weighted by Gasteiger charge is -2.03. The summed E-state index contributed by atoms with van der Waals surface area (Å²) in [6.07, 6.45) is 3.51. The minimum atomic E-state index is -0.548. The highest BCUT2D eigenvalue weighted by molar-refractivity contribution is 7.98. The SMILES string of the molecule is O=NSCC(=O)Oc1ccc(/C=C/c2cc(O)cc(O)c2)cc1. The molecule has 0 saturated heterocycles. The molecule has 0 radical (unpaired) electrons. The highest BCUT2D eigenvalue weighted by Gasteiger charge is 2.05. The van der Waals surface area contributed by atoms with Crippen LogP contribution in [0.25, 0.3) is 12.2 Å². The van der Waals surface area contributed by atoms with Gasteiger partial charge in [-0.2, -0.15) is 0 Å². The molecule has 0 fully saturated rings. The van der Waals surface area contributed by atoms with Gasteiger partial charge in [0.25, 0.3) is 0 Å². The number of rotatable bonds is 6. The zero-order valence-corrected chi connectivity index (χ0v) is 12.7. The van der Waals surface area contributed by atoms with Crippen molar-refractivity contribution in [2.24, 2.45) is 4.58 Å². The van der Waals surface area contributed by atoms with Crippen LogP contribution in [0.1, 0.15) is 11.1 Å². The van der Waals surface area contributed by atoms with Gasteiger partial charge in [-0.3, -0.25) is 4.79 Å². The lowest BCUT2D eigenvalue weighted by molar-refractivity contribution is -0.131. The van der Waals surface area contributed by atoms with E-state index >= 15 is 0 Å². The van der Waals surface area contributed by atoms with Crippen molar-refractivity contribution >= 4 is 30.1 Å². The molecule has 2 aromatic carbocycles. The van der Waals surface area contributed by atoms with E-state index in [1.807, 2.05) is 0 Å². The molecular weight excluding hydrogens is 318 g/mol. The smallest absolute Gasteiger partial charge is 0.323 e. The zero-order valence-electron chi connectivity index (χ0n) is 11.9. The molecule has 2 aromatic rings. The molecule has 0 spiro atoms. The van der Waals surface area contributed by atoms with E-state index in [4.69, 9.17) is 4.74 Å². The fourth-order valence-corrected chi connectivity index (χ4v) is 2.01. The van der Waals surface area contributed by atoms with Gasteiger partial charge < -0.3 is 14.9 Å². The van der Waals surface area contributed by atoms with Crippen LogP contribution in [0, 0.1) is 4.91 Å². The largest absolute Gasteiger partial charge is 0.508 e. The summed E-state index contributed by atoms with van der Waals surface area (Å²) in [4.78, 5) is 21.2. The Balaban J connectivity index is 2.00. The molecule has 23 heavy (non-hydrogen) atoms. The lowest BCUT2D eigenvalue weighted by Crippen LogP contribution is -2.09. The second kappa shape index (κ2) is 8.00. The Kier molecular flexibility index (Phi) is 5.76. The van der Waals surface area contributed by atoms with Crippen molar-refractivity contribution in [2.75, 3.05) is 5.75 Å². The Morgan fingerprint density at radius 3 is 2.26 bits per heavy atom. The van der Waals surface area contributed by atoms with Crippen LogP contribution in [0.2, 0.25) is 0 Å². The second-order valence-corrected chi connectivity index (χ2v) is 5.20. The Hall–Kier alpha value is -2.80. The number of phenols is 2. The van der Waals surface area contributed by atoms with Crippen molar-refractivity contribution in [3.05, 3.63) is 58.5 Å². The molecule has 0 aliphatic carbocycles. The second-order valence-electron chi connectivity index (χ2n) is 4.51. The Bertz CT molecular complexity index is 708. The van der Waals surface area contributed by atoms with Crippen LogP contribution in [0.3, 0.4) is 0 Å². The Morgan fingerprint density at radius 1 is 1.04 bits per heavy atom. The predicted octanol–water partition coefficient (Wildman–Crippen LogP) is 3.59. The fourth-order valence-electron chi connectivity index (χ4n) is 1.79. The molecule has 2 N–H and O–H groups in total.